The number of benzene rings is 1. The van der Waals surface area contributed by atoms with Crippen LogP contribution in [0.5, 0.6) is 5.75 Å². The molecular weight excluding hydrogens is 347 g/mol. The van der Waals surface area contributed by atoms with Crippen molar-refractivity contribution >= 4 is 23.2 Å². The van der Waals surface area contributed by atoms with Crippen molar-refractivity contribution in [2.75, 3.05) is 19.7 Å². The molecule has 1 unspecified atom stereocenters. The summed E-state index contributed by atoms with van der Waals surface area (Å²) in [7, 11) is 0. The number of hydrogen-bond acceptors (Lipinski definition) is 5. The first-order valence-corrected chi connectivity index (χ1v) is 8.71. The summed E-state index contributed by atoms with van der Waals surface area (Å²) in [4.78, 5) is 28.9. The molecule has 1 aliphatic rings. The van der Waals surface area contributed by atoms with E-state index in [1.807, 2.05) is 31.2 Å². The summed E-state index contributed by atoms with van der Waals surface area (Å²) < 4.78 is 19.5. The van der Waals surface area contributed by atoms with Gasteiger partial charge in [-0.3, -0.25) is 4.79 Å². The molecule has 1 amide bonds. The average molecular weight is 364 g/mol. The third-order valence-corrected chi connectivity index (χ3v) is 4.92. The number of ether oxygens (including phenoxy) is 1. The number of amides is 1. The van der Waals surface area contributed by atoms with Crippen molar-refractivity contribution in [3.63, 3.8) is 0 Å². The maximum Gasteiger partial charge on any atom is 0.343 e. The first kappa shape index (κ1) is 17.3. The lowest BCUT2D eigenvalue weighted by molar-refractivity contribution is -0.149. The fourth-order valence-corrected chi connectivity index (χ4v) is 3.45. The van der Waals surface area contributed by atoms with Crippen molar-refractivity contribution in [2.45, 2.75) is 19.0 Å². The van der Waals surface area contributed by atoms with Gasteiger partial charge in [0.15, 0.2) is 0 Å². The summed E-state index contributed by atoms with van der Waals surface area (Å²) in [5.74, 6) is -1.23. The van der Waals surface area contributed by atoms with Crippen LogP contribution < -0.4 is 4.74 Å². The molecule has 2 aromatic rings. The van der Waals surface area contributed by atoms with E-state index in [1.54, 1.807) is 5.38 Å². The van der Waals surface area contributed by atoms with Gasteiger partial charge in [-0.2, -0.15) is 0 Å². The Morgan fingerprint density at radius 3 is 2.72 bits per heavy atom. The van der Waals surface area contributed by atoms with Gasteiger partial charge in [-0.25, -0.2) is 14.2 Å². The molecule has 6 nitrogen and oxygen atoms in total. The lowest BCUT2D eigenvalue weighted by atomic mass is 10.1. The molecule has 8 heteroatoms. The van der Waals surface area contributed by atoms with Crippen LogP contribution in [0.1, 0.15) is 23.8 Å². The Labute approximate surface area is 147 Å². The monoisotopic (exact) mass is 364 g/mol. The zero-order valence-electron chi connectivity index (χ0n) is 13.6. The maximum absolute atomic E-state index is 14.1. The van der Waals surface area contributed by atoms with Crippen LogP contribution in [0, 0.1) is 0 Å². The minimum Gasteiger partial charge on any atom is -0.494 e. The minimum atomic E-state index is -2.37. The number of carbonyl (C=O) groups is 2. The summed E-state index contributed by atoms with van der Waals surface area (Å²) >= 11 is 1.31. The normalized spacial score (nSPS) is 19.8. The van der Waals surface area contributed by atoms with Crippen LogP contribution in [0.15, 0.2) is 29.6 Å². The number of halogens is 1. The van der Waals surface area contributed by atoms with E-state index in [9.17, 15) is 14.0 Å². The highest BCUT2D eigenvalue weighted by Crippen LogP contribution is 2.29. The Morgan fingerprint density at radius 1 is 1.40 bits per heavy atom. The van der Waals surface area contributed by atoms with Crippen molar-refractivity contribution in [3.8, 4) is 16.3 Å². The van der Waals surface area contributed by atoms with E-state index in [-0.39, 0.29) is 18.7 Å². The molecule has 1 N–H and O–H groups in total. The van der Waals surface area contributed by atoms with Gasteiger partial charge >= 0.3 is 5.97 Å². The number of alkyl halides is 1. The van der Waals surface area contributed by atoms with Crippen LogP contribution in [0.25, 0.3) is 10.6 Å². The molecule has 1 aliphatic heterocycles. The van der Waals surface area contributed by atoms with Gasteiger partial charge in [0.2, 0.25) is 5.67 Å². The van der Waals surface area contributed by atoms with Crippen molar-refractivity contribution in [1.29, 1.82) is 0 Å². The molecule has 3 rings (SSSR count). The average Bonchev–Trinajstić information content (AvgIpc) is 3.23. The number of thiazole rings is 1. The second-order valence-corrected chi connectivity index (χ2v) is 6.60. The minimum absolute atomic E-state index is 0.0670. The van der Waals surface area contributed by atoms with E-state index in [4.69, 9.17) is 9.84 Å². The van der Waals surface area contributed by atoms with Crippen LogP contribution in [0.2, 0.25) is 0 Å². The number of aromatic nitrogens is 1. The van der Waals surface area contributed by atoms with Crippen LogP contribution in [0.4, 0.5) is 4.39 Å². The number of carbonyl (C=O) groups excluding carboxylic acids is 1. The van der Waals surface area contributed by atoms with E-state index in [2.05, 4.69) is 4.98 Å². The smallest absolute Gasteiger partial charge is 0.343 e. The SMILES string of the molecule is CCOc1ccc(-c2nc(C(=O)N3CCC(F)(C(=O)O)C3)cs2)cc1. The van der Waals surface area contributed by atoms with Gasteiger partial charge in [-0.05, 0) is 31.2 Å². The molecule has 1 aromatic heterocycles. The second kappa shape index (κ2) is 6.79. The molecule has 2 heterocycles. The van der Waals surface area contributed by atoms with Gasteiger partial charge in [0.25, 0.3) is 5.91 Å². The second-order valence-electron chi connectivity index (χ2n) is 5.74. The number of nitrogens with zero attached hydrogens (tertiary/aromatic N) is 2. The summed E-state index contributed by atoms with van der Waals surface area (Å²) in [5, 5.41) is 11.2. The number of hydrogen-bond donors (Lipinski definition) is 1. The molecule has 0 radical (unpaired) electrons. The Kier molecular flexibility index (Phi) is 4.71. The van der Waals surface area contributed by atoms with Gasteiger partial charge in [0.05, 0.1) is 13.2 Å². The van der Waals surface area contributed by atoms with Crippen molar-refractivity contribution in [2.24, 2.45) is 0 Å². The fourth-order valence-electron chi connectivity index (χ4n) is 2.65. The lowest BCUT2D eigenvalue weighted by Crippen LogP contribution is -2.39. The molecule has 1 saturated heterocycles. The number of aliphatic carboxylic acids is 1. The predicted octanol–water partition coefficient (Wildman–Crippen LogP) is 2.85. The number of carboxylic acid groups (broad SMARTS) is 1. The van der Waals surface area contributed by atoms with Crippen LogP contribution >= 0.6 is 11.3 Å². The van der Waals surface area contributed by atoms with E-state index in [0.717, 1.165) is 11.3 Å². The zero-order valence-corrected chi connectivity index (χ0v) is 14.4. The largest absolute Gasteiger partial charge is 0.494 e. The molecule has 0 spiro atoms. The molecule has 25 heavy (non-hydrogen) atoms. The van der Waals surface area contributed by atoms with E-state index in [0.29, 0.717) is 11.6 Å². The molecular formula is C17H17FN2O4S. The number of carboxylic acids is 1. The topological polar surface area (TPSA) is 79.7 Å². The predicted molar refractivity (Wildman–Crippen MR) is 90.7 cm³/mol. The van der Waals surface area contributed by atoms with Crippen molar-refractivity contribution in [1.82, 2.24) is 9.88 Å². The third-order valence-electron chi connectivity index (χ3n) is 4.03. The Morgan fingerprint density at radius 2 is 2.12 bits per heavy atom. The van der Waals surface area contributed by atoms with Gasteiger partial charge in [0.1, 0.15) is 16.5 Å². The molecule has 1 atom stereocenters. The van der Waals surface area contributed by atoms with Gasteiger partial charge < -0.3 is 14.7 Å². The standard InChI is InChI=1S/C17H17FN2O4S/c1-2-24-12-5-3-11(4-6-12)14-19-13(9-25-14)15(21)20-8-7-17(18,10-20)16(22)23/h3-6,9H,2,7-8,10H2,1H3,(H,22,23). The Balaban J connectivity index is 1.73. The highest BCUT2D eigenvalue weighted by Gasteiger charge is 2.47. The highest BCUT2D eigenvalue weighted by atomic mass is 32.1. The van der Waals surface area contributed by atoms with Crippen LogP contribution in [-0.4, -0.2) is 52.2 Å². The van der Waals surface area contributed by atoms with Crippen LogP contribution in [0.3, 0.4) is 0 Å². The highest BCUT2D eigenvalue weighted by molar-refractivity contribution is 7.13. The van der Waals surface area contributed by atoms with Gasteiger partial charge in [0, 0.05) is 23.9 Å². The Hall–Kier alpha value is -2.48. The number of likely N-dealkylation sites (tertiary alicyclic amines) is 1. The number of rotatable bonds is 5. The molecule has 132 valence electrons. The summed E-state index contributed by atoms with van der Waals surface area (Å²) in [6.07, 6.45) is -0.204. The van der Waals surface area contributed by atoms with Crippen molar-refractivity contribution in [3.05, 3.63) is 35.3 Å². The zero-order chi connectivity index (χ0) is 18.0. The van der Waals surface area contributed by atoms with Crippen LogP contribution in [-0.2, 0) is 4.79 Å². The fraction of sp³-hybridized carbons (Fsp3) is 0.353. The molecule has 1 fully saturated rings. The first-order valence-electron chi connectivity index (χ1n) is 7.83. The van der Waals surface area contributed by atoms with E-state index >= 15 is 0 Å². The summed E-state index contributed by atoms with van der Waals surface area (Å²) in [5.41, 5.74) is -1.33. The summed E-state index contributed by atoms with van der Waals surface area (Å²) in [6.45, 7) is 2.10. The molecule has 1 aromatic carbocycles. The molecule has 0 bridgehead atoms. The lowest BCUT2D eigenvalue weighted by Gasteiger charge is -2.16. The van der Waals surface area contributed by atoms with Gasteiger partial charge in [-0.1, -0.05) is 0 Å². The third kappa shape index (κ3) is 3.48. The van der Waals surface area contributed by atoms with Crippen molar-refractivity contribution < 1.29 is 23.8 Å². The Bertz CT molecular complexity index is 792. The van der Waals surface area contributed by atoms with Gasteiger partial charge in [-0.15, -0.1) is 11.3 Å². The molecule has 0 saturated carbocycles. The maximum atomic E-state index is 14.1. The first-order chi connectivity index (χ1) is 11.9. The van der Waals surface area contributed by atoms with E-state index < -0.39 is 24.1 Å². The summed E-state index contributed by atoms with van der Waals surface area (Å²) in [6, 6.07) is 7.36. The van der Waals surface area contributed by atoms with E-state index in [1.165, 1.54) is 16.2 Å². The quantitative estimate of drug-likeness (QED) is 0.882. The molecule has 0 aliphatic carbocycles.